The van der Waals surface area contributed by atoms with Crippen LogP contribution in [-0.2, 0) is 6.42 Å². The van der Waals surface area contributed by atoms with Gasteiger partial charge in [-0.2, -0.15) is 5.10 Å². The number of nitrogens with zero attached hydrogens (tertiary/aromatic N) is 1. The van der Waals surface area contributed by atoms with Gasteiger partial charge in [-0.25, -0.2) is 0 Å². The van der Waals surface area contributed by atoms with Gasteiger partial charge in [0.25, 0.3) is 0 Å². The Balaban J connectivity index is 1.73. The zero-order valence-corrected chi connectivity index (χ0v) is 13.6. The van der Waals surface area contributed by atoms with Gasteiger partial charge in [-0.3, -0.25) is 5.10 Å². The molecule has 102 valence electrons. The molecule has 1 aromatic carbocycles. The van der Waals surface area contributed by atoms with Crippen LogP contribution in [0.15, 0.2) is 30.5 Å². The minimum absolute atomic E-state index is 0.405. The molecule has 0 aliphatic carbocycles. The fourth-order valence-corrected chi connectivity index (χ4v) is 2.45. The van der Waals surface area contributed by atoms with Gasteiger partial charge in [-0.1, -0.05) is 12.1 Å². The van der Waals surface area contributed by atoms with Crippen molar-refractivity contribution in [2.24, 2.45) is 0 Å². The summed E-state index contributed by atoms with van der Waals surface area (Å²) in [4.78, 5) is 0. The molecule has 1 atom stereocenters. The third kappa shape index (κ3) is 4.31. The van der Waals surface area contributed by atoms with E-state index < -0.39 is 0 Å². The third-order valence-corrected chi connectivity index (χ3v) is 4.10. The number of benzene rings is 1. The summed E-state index contributed by atoms with van der Waals surface area (Å²) in [5.74, 6) is 0. The van der Waals surface area contributed by atoms with Crippen molar-refractivity contribution in [2.45, 2.75) is 32.7 Å². The third-order valence-electron chi connectivity index (χ3n) is 3.38. The number of rotatable bonds is 6. The highest BCUT2D eigenvalue weighted by Gasteiger charge is 2.04. The van der Waals surface area contributed by atoms with E-state index in [1.165, 1.54) is 20.4 Å². The van der Waals surface area contributed by atoms with E-state index in [1.54, 1.807) is 0 Å². The average molecular weight is 369 g/mol. The molecule has 0 spiro atoms. The molecule has 0 aliphatic heterocycles. The molecule has 3 nitrogen and oxygen atoms in total. The van der Waals surface area contributed by atoms with Crippen LogP contribution in [-0.4, -0.2) is 16.7 Å². The Bertz CT molecular complexity index is 504. The minimum Gasteiger partial charge on any atom is -0.310 e. The highest BCUT2D eigenvalue weighted by molar-refractivity contribution is 14.1. The van der Waals surface area contributed by atoms with Crippen LogP contribution >= 0.6 is 22.6 Å². The maximum absolute atomic E-state index is 4.05. The van der Waals surface area contributed by atoms with E-state index >= 15 is 0 Å². The van der Waals surface area contributed by atoms with Crippen molar-refractivity contribution in [3.8, 4) is 0 Å². The molecule has 2 N–H and O–H groups in total. The van der Waals surface area contributed by atoms with Crippen LogP contribution < -0.4 is 5.32 Å². The Kier molecular flexibility index (Phi) is 5.39. The number of hydrogen-bond donors (Lipinski definition) is 2. The SMILES string of the molecule is Cc1[nH]ncc1CCCNC(C)c1ccc(I)cc1. The van der Waals surface area contributed by atoms with Crippen molar-refractivity contribution in [3.05, 3.63) is 50.9 Å². The largest absolute Gasteiger partial charge is 0.310 e. The van der Waals surface area contributed by atoms with Gasteiger partial charge < -0.3 is 5.32 Å². The molecule has 1 aromatic heterocycles. The van der Waals surface area contributed by atoms with Crippen LogP contribution in [0.4, 0.5) is 0 Å². The number of aromatic amines is 1. The molecule has 0 bridgehead atoms. The number of H-pyrrole nitrogens is 1. The molecule has 0 amide bonds. The molecule has 19 heavy (non-hydrogen) atoms. The topological polar surface area (TPSA) is 40.7 Å². The predicted molar refractivity (Wildman–Crippen MR) is 87.2 cm³/mol. The van der Waals surface area contributed by atoms with Crippen molar-refractivity contribution in [1.29, 1.82) is 0 Å². The molecule has 2 aromatic rings. The van der Waals surface area contributed by atoms with Crippen LogP contribution in [0, 0.1) is 10.5 Å². The lowest BCUT2D eigenvalue weighted by molar-refractivity contribution is 0.558. The normalized spacial score (nSPS) is 12.6. The fraction of sp³-hybridized carbons (Fsp3) is 0.400. The zero-order chi connectivity index (χ0) is 13.7. The van der Waals surface area contributed by atoms with Crippen molar-refractivity contribution >= 4 is 22.6 Å². The predicted octanol–water partition coefficient (Wildman–Crippen LogP) is 3.61. The molecule has 0 saturated carbocycles. The first kappa shape index (κ1) is 14.5. The van der Waals surface area contributed by atoms with E-state index in [-0.39, 0.29) is 0 Å². The fourth-order valence-electron chi connectivity index (χ4n) is 2.09. The Morgan fingerprint density at radius 2 is 2.05 bits per heavy atom. The summed E-state index contributed by atoms with van der Waals surface area (Å²) in [6, 6.07) is 9.10. The highest BCUT2D eigenvalue weighted by Crippen LogP contribution is 2.14. The van der Waals surface area contributed by atoms with E-state index in [0.717, 1.165) is 19.4 Å². The summed E-state index contributed by atoms with van der Waals surface area (Å²) >= 11 is 2.33. The lowest BCUT2D eigenvalue weighted by atomic mass is 10.1. The van der Waals surface area contributed by atoms with Crippen molar-refractivity contribution in [2.75, 3.05) is 6.54 Å². The second-order valence-electron chi connectivity index (χ2n) is 4.85. The molecule has 0 fully saturated rings. The van der Waals surface area contributed by atoms with Gasteiger partial charge in [0.2, 0.25) is 0 Å². The summed E-state index contributed by atoms with van der Waals surface area (Å²) in [5.41, 5.74) is 3.86. The monoisotopic (exact) mass is 369 g/mol. The maximum atomic E-state index is 4.05. The average Bonchev–Trinajstić information content (AvgIpc) is 2.81. The van der Waals surface area contributed by atoms with Crippen LogP contribution in [0.1, 0.15) is 36.2 Å². The van der Waals surface area contributed by atoms with Gasteiger partial charge >= 0.3 is 0 Å². The Hall–Kier alpha value is -0.880. The summed E-state index contributed by atoms with van der Waals surface area (Å²) in [6.07, 6.45) is 4.14. The number of nitrogens with one attached hydrogen (secondary N) is 2. The van der Waals surface area contributed by atoms with Crippen LogP contribution in [0.25, 0.3) is 0 Å². The summed E-state index contributed by atoms with van der Waals surface area (Å²) in [5, 5.41) is 10.6. The van der Waals surface area contributed by atoms with Crippen molar-refractivity contribution in [3.63, 3.8) is 0 Å². The molecule has 1 heterocycles. The van der Waals surface area contributed by atoms with E-state index in [4.69, 9.17) is 0 Å². The van der Waals surface area contributed by atoms with Crippen LogP contribution in [0.5, 0.6) is 0 Å². The maximum Gasteiger partial charge on any atom is 0.0522 e. The van der Waals surface area contributed by atoms with E-state index in [2.05, 4.69) is 76.2 Å². The number of halogens is 1. The van der Waals surface area contributed by atoms with E-state index in [0.29, 0.717) is 6.04 Å². The Labute approximate surface area is 128 Å². The van der Waals surface area contributed by atoms with Gasteiger partial charge in [-0.15, -0.1) is 0 Å². The van der Waals surface area contributed by atoms with Crippen molar-refractivity contribution < 1.29 is 0 Å². The molecule has 0 saturated heterocycles. The quantitative estimate of drug-likeness (QED) is 0.603. The van der Waals surface area contributed by atoms with Crippen LogP contribution in [0.3, 0.4) is 0 Å². The number of aromatic nitrogens is 2. The lowest BCUT2D eigenvalue weighted by Crippen LogP contribution is -2.20. The molecule has 1 unspecified atom stereocenters. The minimum atomic E-state index is 0.405. The molecular weight excluding hydrogens is 349 g/mol. The summed E-state index contributed by atoms with van der Waals surface area (Å²) in [7, 11) is 0. The van der Waals surface area contributed by atoms with Crippen molar-refractivity contribution in [1.82, 2.24) is 15.5 Å². The molecule has 0 aliphatic rings. The second kappa shape index (κ2) is 7.05. The number of aryl methyl sites for hydroxylation is 2. The first-order valence-corrected chi connectivity index (χ1v) is 7.72. The number of hydrogen-bond acceptors (Lipinski definition) is 2. The molecule has 2 rings (SSSR count). The van der Waals surface area contributed by atoms with Gasteiger partial charge in [0, 0.05) is 15.3 Å². The first-order chi connectivity index (χ1) is 9.16. The van der Waals surface area contributed by atoms with E-state index in [9.17, 15) is 0 Å². The lowest BCUT2D eigenvalue weighted by Gasteiger charge is -2.14. The molecular formula is C15H20IN3. The first-order valence-electron chi connectivity index (χ1n) is 6.64. The van der Waals surface area contributed by atoms with Gasteiger partial charge in [0.05, 0.1) is 6.20 Å². The Morgan fingerprint density at radius 1 is 1.32 bits per heavy atom. The zero-order valence-electron chi connectivity index (χ0n) is 11.4. The molecule has 0 radical (unpaired) electrons. The van der Waals surface area contributed by atoms with Gasteiger partial charge in [0.1, 0.15) is 0 Å². The van der Waals surface area contributed by atoms with E-state index in [1.807, 2.05) is 6.20 Å². The van der Waals surface area contributed by atoms with Gasteiger partial charge in [0.15, 0.2) is 0 Å². The van der Waals surface area contributed by atoms with Gasteiger partial charge in [-0.05, 0) is 79.1 Å². The smallest absolute Gasteiger partial charge is 0.0522 e. The Morgan fingerprint density at radius 3 is 2.68 bits per heavy atom. The summed E-state index contributed by atoms with van der Waals surface area (Å²) in [6.45, 7) is 5.31. The van der Waals surface area contributed by atoms with Crippen LogP contribution in [0.2, 0.25) is 0 Å². The standard InChI is InChI=1S/C15H20IN3/c1-11(13-5-7-15(16)8-6-13)17-9-3-4-14-10-18-19-12(14)2/h5-8,10-11,17H,3-4,9H2,1-2H3,(H,18,19). The molecule has 4 heteroatoms. The second-order valence-corrected chi connectivity index (χ2v) is 6.10. The highest BCUT2D eigenvalue weighted by atomic mass is 127. The summed E-state index contributed by atoms with van der Waals surface area (Å²) < 4.78 is 1.28.